The van der Waals surface area contributed by atoms with E-state index in [4.69, 9.17) is 15.9 Å². The molecule has 0 aliphatic rings. The number of carbonyl (C=O) groups excluding carboxylic acids is 3. The van der Waals surface area contributed by atoms with Gasteiger partial charge in [-0.1, -0.05) is 42.5 Å². The number of primary amides is 1. The van der Waals surface area contributed by atoms with Crippen molar-refractivity contribution in [3.63, 3.8) is 0 Å². The highest BCUT2D eigenvalue weighted by atomic mass is 32.1. The van der Waals surface area contributed by atoms with Gasteiger partial charge in [-0.2, -0.15) is 4.37 Å². The lowest BCUT2D eigenvalue weighted by Crippen LogP contribution is -2.44. The molecule has 10 heteroatoms. The SMILES string of the molecule is Cc1ccc(C(C(=O)NCc2ccccc2)N(C(=O)c2snc(C(N)=O)c2N)c2cccc(C)c2C)o1. The second-order valence-electron chi connectivity index (χ2n) is 8.59. The average molecular weight is 518 g/mol. The number of hydrogen-bond donors (Lipinski definition) is 3. The number of anilines is 2. The van der Waals surface area contributed by atoms with Gasteiger partial charge in [0.25, 0.3) is 17.7 Å². The molecular weight excluding hydrogens is 490 g/mol. The van der Waals surface area contributed by atoms with Gasteiger partial charge in [-0.15, -0.1) is 0 Å². The predicted molar refractivity (Wildman–Crippen MR) is 142 cm³/mol. The summed E-state index contributed by atoms with van der Waals surface area (Å²) in [5.41, 5.74) is 14.3. The van der Waals surface area contributed by atoms with Crippen LogP contribution in [0.25, 0.3) is 0 Å². The number of nitrogens with zero attached hydrogens (tertiary/aromatic N) is 2. The first-order valence-electron chi connectivity index (χ1n) is 11.5. The van der Waals surface area contributed by atoms with Crippen LogP contribution in [0.3, 0.4) is 0 Å². The van der Waals surface area contributed by atoms with Crippen molar-refractivity contribution >= 4 is 40.6 Å². The van der Waals surface area contributed by atoms with Crippen LogP contribution in [0, 0.1) is 20.8 Å². The van der Waals surface area contributed by atoms with Crippen molar-refractivity contribution in [3.8, 4) is 0 Å². The van der Waals surface area contributed by atoms with Crippen molar-refractivity contribution in [2.45, 2.75) is 33.4 Å². The minimum atomic E-state index is -1.18. The van der Waals surface area contributed by atoms with Crippen LogP contribution >= 0.6 is 11.5 Å². The van der Waals surface area contributed by atoms with Crippen LogP contribution in [-0.4, -0.2) is 22.1 Å². The van der Waals surface area contributed by atoms with Crippen LogP contribution in [0.15, 0.2) is 65.1 Å². The Balaban J connectivity index is 1.85. The second-order valence-corrected chi connectivity index (χ2v) is 9.36. The van der Waals surface area contributed by atoms with Gasteiger partial charge in [-0.3, -0.25) is 19.3 Å². The van der Waals surface area contributed by atoms with E-state index in [0.29, 0.717) is 11.4 Å². The van der Waals surface area contributed by atoms with E-state index < -0.39 is 23.8 Å². The van der Waals surface area contributed by atoms with Crippen LogP contribution in [0.5, 0.6) is 0 Å². The summed E-state index contributed by atoms with van der Waals surface area (Å²) in [7, 11) is 0. The third-order valence-corrected chi connectivity index (χ3v) is 6.91. The molecule has 0 saturated carbocycles. The van der Waals surface area contributed by atoms with Crippen molar-refractivity contribution in [2.24, 2.45) is 5.73 Å². The number of nitrogens with two attached hydrogens (primary N) is 2. The minimum Gasteiger partial charge on any atom is -0.464 e. The zero-order valence-electron chi connectivity index (χ0n) is 20.6. The van der Waals surface area contributed by atoms with E-state index in [2.05, 4.69) is 9.69 Å². The summed E-state index contributed by atoms with van der Waals surface area (Å²) >= 11 is 0.756. The molecular formula is C27H27N5O4S. The molecule has 0 saturated heterocycles. The fourth-order valence-electron chi connectivity index (χ4n) is 3.96. The molecule has 2 aromatic carbocycles. The average Bonchev–Trinajstić information content (AvgIpc) is 3.48. The highest BCUT2D eigenvalue weighted by Gasteiger charge is 2.38. The summed E-state index contributed by atoms with van der Waals surface area (Å²) in [4.78, 5) is 41.0. The number of benzene rings is 2. The monoisotopic (exact) mass is 517 g/mol. The first-order valence-corrected chi connectivity index (χ1v) is 12.3. The number of aryl methyl sites for hydroxylation is 2. The van der Waals surface area contributed by atoms with E-state index in [9.17, 15) is 14.4 Å². The molecule has 5 N–H and O–H groups in total. The van der Waals surface area contributed by atoms with Gasteiger partial charge < -0.3 is 21.2 Å². The molecule has 9 nitrogen and oxygen atoms in total. The first-order chi connectivity index (χ1) is 17.7. The van der Waals surface area contributed by atoms with Crippen LogP contribution in [0.2, 0.25) is 0 Å². The lowest BCUT2D eigenvalue weighted by atomic mass is 10.0. The molecule has 3 amide bonds. The molecule has 1 unspecified atom stereocenters. The first kappa shape index (κ1) is 25.6. The Bertz CT molecular complexity index is 1460. The number of hydrogen-bond acceptors (Lipinski definition) is 7. The van der Waals surface area contributed by atoms with Crippen molar-refractivity contribution in [1.29, 1.82) is 0 Å². The highest BCUT2D eigenvalue weighted by Crippen LogP contribution is 2.36. The fourth-order valence-corrected chi connectivity index (χ4v) is 4.70. The summed E-state index contributed by atoms with van der Waals surface area (Å²) in [5, 5.41) is 2.93. The highest BCUT2D eigenvalue weighted by molar-refractivity contribution is 7.09. The van der Waals surface area contributed by atoms with Gasteiger partial charge in [0.2, 0.25) is 0 Å². The maximum absolute atomic E-state index is 14.1. The third kappa shape index (κ3) is 5.24. The molecule has 2 heterocycles. The molecule has 190 valence electrons. The maximum Gasteiger partial charge on any atom is 0.273 e. The van der Waals surface area contributed by atoms with Gasteiger partial charge in [-0.25, -0.2) is 0 Å². The van der Waals surface area contributed by atoms with Crippen molar-refractivity contribution in [3.05, 3.63) is 99.4 Å². The standard InChI is InChI=1S/C27H27N5O4S/c1-15-8-7-11-19(17(15)3)32(27(35)24-21(28)22(25(29)33)31-37-24)23(20-13-12-16(2)36-20)26(34)30-14-18-9-5-4-6-10-18/h4-13,23H,14,28H2,1-3H3,(H2,29,33)(H,30,34). The van der Waals surface area contributed by atoms with Gasteiger partial charge in [0.05, 0.1) is 5.69 Å². The van der Waals surface area contributed by atoms with E-state index in [-0.39, 0.29) is 28.6 Å². The summed E-state index contributed by atoms with van der Waals surface area (Å²) in [6.07, 6.45) is 0. The maximum atomic E-state index is 14.1. The number of nitrogens with one attached hydrogen (secondary N) is 1. The van der Waals surface area contributed by atoms with Crippen LogP contribution in [0.1, 0.15) is 54.4 Å². The van der Waals surface area contributed by atoms with Gasteiger partial charge in [0.15, 0.2) is 11.7 Å². The Morgan fingerprint density at radius 2 is 1.76 bits per heavy atom. The Hall–Kier alpha value is -4.44. The molecule has 4 rings (SSSR count). The Kier molecular flexibility index (Phi) is 7.40. The van der Waals surface area contributed by atoms with Crippen molar-refractivity contribution in [2.75, 3.05) is 10.6 Å². The van der Waals surface area contributed by atoms with E-state index in [1.807, 2.05) is 50.2 Å². The van der Waals surface area contributed by atoms with E-state index >= 15 is 0 Å². The zero-order chi connectivity index (χ0) is 26.7. The van der Waals surface area contributed by atoms with E-state index in [1.54, 1.807) is 31.2 Å². The normalized spacial score (nSPS) is 11.6. The largest absolute Gasteiger partial charge is 0.464 e. The molecule has 0 spiro atoms. The smallest absolute Gasteiger partial charge is 0.273 e. The van der Waals surface area contributed by atoms with Gasteiger partial charge in [0.1, 0.15) is 16.4 Å². The summed E-state index contributed by atoms with van der Waals surface area (Å²) in [6.45, 7) is 5.78. The van der Waals surface area contributed by atoms with Crippen LogP contribution in [-0.2, 0) is 11.3 Å². The second kappa shape index (κ2) is 10.7. The number of furan rings is 1. The predicted octanol–water partition coefficient (Wildman–Crippen LogP) is 4.05. The molecule has 0 aliphatic carbocycles. The molecule has 2 aromatic heterocycles. The summed E-state index contributed by atoms with van der Waals surface area (Å²) in [5.74, 6) is -1.05. The number of rotatable bonds is 8. The molecule has 0 aliphatic heterocycles. The topological polar surface area (TPSA) is 145 Å². The van der Waals surface area contributed by atoms with Crippen molar-refractivity contribution in [1.82, 2.24) is 9.69 Å². The Labute approximate surface area is 218 Å². The lowest BCUT2D eigenvalue weighted by Gasteiger charge is -2.31. The number of nitrogen functional groups attached to an aromatic ring is 1. The van der Waals surface area contributed by atoms with Gasteiger partial charge in [-0.05, 0) is 67.2 Å². The number of carbonyl (C=O) groups is 3. The molecule has 0 radical (unpaired) electrons. The van der Waals surface area contributed by atoms with Gasteiger partial charge >= 0.3 is 0 Å². The lowest BCUT2D eigenvalue weighted by molar-refractivity contribution is -0.123. The zero-order valence-corrected chi connectivity index (χ0v) is 21.5. The molecule has 4 aromatic rings. The van der Waals surface area contributed by atoms with Crippen molar-refractivity contribution < 1.29 is 18.8 Å². The van der Waals surface area contributed by atoms with E-state index in [1.165, 1.54) is 4.90 Å². The summed E-state index contributed by atoms with van der Waals surface area (Å²) < 4.78 is 9.86. The quantitative estimate of drug-likeness (QED) is 0.322. The molecule has 0 bridgehead atoms. The van der Waals surface area contributed by atoms with Crippen LogP contribution in [0.4, 0.5) is 11.4 Å². The number of amides is 3. The molecule has 37 heavy (non-hydrogen) atoms. The molecule has 1 atom stereocenters. The Morgan fingerprint density at radius 3 is 2.38 bits per heavy atom. The third-order valence-electron chi connectivity index (χ3n) is 6.06. The number of aromatic nitrogens is 1. The van der Waals surface area contributed by atoms with Crippen LogP contribution < -0.4 is 21.7 Å². The summed E-state index contributed by atoms with van der Waals surface area (Å²) in [6, 6.07) is 17.1. The Morgan fingerprint density at radius 1 is 1.03 bits per heavy atom. The van der Waals surface area contributed by atoms with Gasteiger partial charge in [0, 0.05) is 12.2 Å². The molecule has 0 fully saturated rings. The fraction of sp³-hybridized carbons (Fsp3) is 0.185. The minimum absolute atomic E-state index is 0.00107. The van der Waals surface area contributed by atoms with E-state index in [0.717, 1.165) is 28.2 Å².